The highest BCUT2D eigenvalue weighted by molar-refractivity contribution is 7.96. The van der Waals surface area contributed by atoms with Crippen molar-refractivity contribution in [3.8, 4) is 0 Å². The van der Waals surface area contributed by atoms with Crippen LogP contribution in [0.5, 0.6) is 0 Å². The summed E-state index contributed by atoms with van der Waals surface area (Å²) in [5.74, 6) is 0. The van der Waals surface area contributed by atoms with Crippen LogP contribution >= 0.6 is 12.6 Å². The van der Waals surface area contributed by atoms with Gasteiger partial charge in [-0.2, -0.15) is 0 Å². The molecule has 81 valence electrons. The van der Waals surface area contributed by atoms with Crippen molar-refractivity contribution in [2.45, 2.75) is 6.29 Å². The average molecular weight is 233 g/mol. The number of aliphatic hydroxyl groups is 1. The van der Waals surface area contributed by atoms with Crippen LogP contribution in [0.25, 0.3) is 10.8 Å². The van der Waals surface area contributed by atoms with Gasteiger partial charge in [0.2, 0.25) is 6.29 Å². The zero-order chi connectivity index (χ0) is 11.5. The Morgan fingerprint density at radius 3 is 2.62 bits per heavy atom. The molecule has 0 aliphatic rings. The Balaban J connectivity index is 2.47. The number of aliphatic hydroxyl groups excluding tert-OH is 1. The third-order valence-corrected chi connectivity index (χ3v) is 2.39. The van der Waals surface area contributed by atoms with Crippen molar-refractivity contribution in [1.82, 2.24) is 0 Å². The molecular weight excluding hydrogens is 224 g/mol. The van der Waals surface area contributed by atoms with Crippen molar-refractivity contribution in [1.29, 1.82) is 0 Å². The summed E-state index contributed by atoms with van der Waals surface area (Å²) in [5.41, 5.74) is 0.538. The van der Waals surface area contributed by atoms with Crippen molar-refractivity contribution < 1.29 is 14.6 Å². The van der Waals surface area contributed by atoms with Crippen LogP contribution in [0.15, 0.2) is 42.5 Å². The molecule has 1 atom stereocenters. The molecule has 2 aromatic rings. The predicted molar refractivity (Wildman–Crippen MR) is 63.0 cm³/mol. The van der Waals surface area contributed by atoms with Gasteiger partial charge in [0.25, 0.3) is 0 Å². The van der Waals surface area contributed by atoms with Gasteiger partial charge in [0.05, 0.1) is 0 Å². The van der Waals surface area contributed by atoms with Gasteiger partial charge in [0.1, 0.15) is 0 Å². The van der Waals surface area contributed by atoms with Crippen LogP contribution in [0.4, 0.5) is 4.79 Å². The molecule has 0 saturated carbocycles. The van der Waals surface area contributed by atoms with Crippen molar-refractivity contribution in [2.75, 3.05) is 0 Å². The molecule has 0 heterocycles. The van der Waals surface area contributed by atoms with Gasteiger partial charge < -0.3 is 9.84 Å². The fraction of sp³-hybridized carbons (Fsp3) is 0.0833. The Morgan fingerprint density at radius 1 is 1.19 bits per heavy atom. The largest absolute Gasteiger partial charge is 0.420 e. The molecular formula is C12H9O3S. The van der Waals surface area contributed by atoms with E-state index < -0.39 is 11.6 Å². The second-order valence-corrected chi connectivity index (χ2v) is 3.62. The lowest BCUT2D eigenvalue weighted by Gasteiger charge is -2.12. The zero-order valence-electron chi connectivity index (χ0n) is 8.29. The van der Waals surface area contributed by atoms with Gasteiger partial charge in [-0.15, -0.1) is 0 Å². The molecule has 16 heavy (non-hydrogen) atoms. The molecule has 0 aliphatic carbocycles. The van der Waals surface area contributed by atoms with E-state index in [1.807, 2.05) is 30.3 Å². The first-order valence-electron chi connectivity index (χ1n) is 4.72. The Labute approximate surface area is 98.1 Å². The van der Waals surface area contributed by atoms with Crippen LogP contribution in [0.2, 0.25) is 0 Å². The van der Waals surface area contributed by atoms with E-state index in [4.69, 9.17) is 0 Å². The number of carbonyl (C=O) groups is 1. The maximum atomic E-state index is 10.6. The van der Waals surface area contributed by atoms with Crippen LogP contribution in [-0.4, -0.2) is 10.4 Å². The number of hydrogen-bond acceptors (Lipinski definition) is 3. The third-order valence-electron chi connectivity index (χ3n) is 2.30. The van der Waals surface area contributed by atoms with Gasteiger partial charge in [-0.25, -0.2) is 4.79 Å². The number of rotatable bonds is 2. The number of ether oxygens (including phenoxy) is 1. The monoisotopic (exact) mass is 233 g/mol. The summed E-state index contributed by atoms with van der Waals surface area (Å²) >= 11 is 4.26. The van der Waals surface area contributed by atoms with Crippen molar-refractivity contribution in [3.63, 3.8) is 0 Å². The SMILES string of the molecule is O=C([S])OC(O)c1cccc2ccccc12. The second-order valence-electron chi connectivity index (χ2n) is 3.29. The van der Waals surface area contributed by atoms with Gasteiger partial charge >= 0.3 is 5.30 Å². The van der Waals surface area contributed by atoms with Crippen LogP contribution in [0, 0.1) is 0 Å². The topological polar surface area (TPSA) is 46.5 Å². The van der Waals surface area contributed by atoms with Gasteiger partial charge in [0.15, 0.2) is 0 Å². The van der Waals surface area contributed by atoms with E-state index in [1.165, 1.54) is 0 Å². The lowest BCUT2D eigenvalue weighted by atomic mass is 10.0. The third kappa shape index (κ3) is 2.13. The lowest BCUT2D eigenvalue weighted by molar-refractivity contribution is -0.0426. The number of benzene rings is 2. The molecule has 0 aromatic heterocycles. The highest BCUT2D eigenvalue weighted by atomic mass is 32.1. The maximum Gasteiger partial charge on any atom is 0.402 e. The average Bonchev–Trinajstić information content (AvgIpc) is 2.27. The van der Waals surface area contributed by atoms with E-state index >= 15 is 0 Å². The summed E-state index contributed by atoms with van der Waals surface area (Å²) < 4.78 is 4.58. The first-order chi connectivity index (χ1) is 7.68. The summed E-state index contributed by atoms with van der Waals surface area (Å²) in [6.07, 6.45) is -1.31. The lowest BCUT2D eigenvalue weighted by Crippen LogP contribution is -2.05. The molecule has 2 rings (SSSR count). The van der Waals surface area contributed by atoms with Crippen molar-refractivity contribution in [3.05, 3.63) is 48.0 Å². The van der Waals surface area contributed by atoms with Gasteiger partial charge in [-0.3, -0.25) is 0 Å². The standard InChI is InChI=1S/C12H9O3S/c13-11(15-12(14)16)10-7-3-5-8-4-1-2-6-9(8)10/h1-7,11,13H. The van der Waals surface area contributed by atoms with Crippen molar-refractivity contribution >= 4 is 28.7 Å². The van der Waals surface area contributed by atoms with E-state index in [2.05, 4.69) is 17.4 Å². The molecule has 4 heteroatoms. The maximum absolute atomic E-state index is 10.6. The fourth-order valence-electron chi connectivity index (χ4n) is 1.62. The molecule has 2 aromatic carbocycles. The van der Waals surface area contributed by atoms with Crippen LogP contribution < -0.4 is 0 Å². The Hall–Kier alpha value is -1.65. The smallest absolute Gasteiger partial charge is 0.402 e. The minimum absolute atomic E-state index is 0.538. The van der Waals surface area contributed by atoms with Crippen LogP contribution in [0.1, 0.15) is 11.9 Å². The van der Waals surface area contributed by atoms with Crippen LogP contribution in [0.3, 0.4) is 0 Å². The van der Waals surface area contributed by atoms with Gasteiger partial charge in [-0.1, -0.05) is 42.5 Å². The molecule has 0 aliphatic heterocycles. The molecule has 1 radical (unpaired) electrons. The van der Waals surface area contributed by atoms with E-state index in [9.17, 15) is 9.90 Å². The van der Waals surface area contributed by atoms with E-state index in [0.29, 0.717) is 5.56 Å². The number of carbonyl (C=O) groups excluding carboxylic acids is 1. The van der Waals surface area contributed by atoms with Crippen LogP contribution in [-0.2, 0) is 4.74 Å². The molecule has 0 saturated heterocycles. The minimum Gasteiger partial charge on any atom is -0.420 e. The fourth-order valence-corrected chi connectivity index (χ4v) is 1.71. The summed E-state index contributed by atoms with van der Waals surface area (Å²) in [4.78, 5) is 10.6. The number of fused-ring (bicyclic) bond motifs is 1. The number of hydrogen-bond donors (Lipinski definition) is 1. The Kier molecular flexibility index (Phi) is 3.03. The first kappa shape index (κ1) is 10.9. The molecule has 3 nitrogen and oxygen atoms in total. The molecule has 1 N–H and O–H groups in total. The van der Waals surface area contributed by atoms with Gasteiger partial charge in [-0.05, 0) is 10.8 Å². The predicted octanol–water partition coefficient (Wildman–Crippen LogP) is 3.16. The summed E-state index contributed by atoms with van der Waals surface area (Å²) in [7, 11) is 0. The Morgan fingerprint density at radius 2 is 1.88 bits per heavy atom. The molecule has 0 spiro atoms. The molecule has 0 bridgehead atoms. The van der Waals surface area contributed by atoms with E-state index in [-0.39, 0.29) is 0 Å². The second kappa shape index (κ2) is 4.47. The minimum atomic E-state index is -1.31. The molecule has 0 amide bonds. The highest BCUT2D eigenvalue weighted by Gasteiger charge is 2.14. The summed E-state index contributed by atoms with van der Waals surface area (Å²) in [6, 6.07) is 12.9. The normalized spacial score (nSPS) is 12.3. The van der Waals surface area contributed by atoms with E-state index in [1.54, 1.807) is 12.1 Å². The highest BCUT2D eigenvalue weighted by Crippen LogP contribution is 2.25. The quantitative estimate of drug-likeness (QED) is 0.640. The van der Waals surface area contributed by atoms with E-state index in [0.717, 1.165) is 10.8 Å². The van der Waals surface area contributed by atoms with Crippen molar-refractivity contribution in [2.24, 2.45) is 0 Å². The first-order valence-corrected chi connectivity index (χ1v) is 5.12. The zero-order valence-corrected chi connectivity index (χ0v) is 9.11. The van der Waals surface area contributed by atoms with Gasteiger partial charge in [0, 0.05) is 18.2 Å². The summed E-state index contributed by atoms with van der Waals surface area (Å²) in [5, 5.41) is 10.6. The molecule has 1 unspecified atom stereocenters. The summed E-state index contributed by atoms with van der Waals surface area (Å²) in [6.45, 7) is 0. The molecule has 0 fully saturated rings. The Bertz CT molecular complexity index is 519.